The molecule has 0 radical (unpaired) electrons. The number of rotatable bonds is 5. The van der Waals surface area contributed by atoms with Crippen LogP contribution in [0, 0.1) is 5.92 Å². The van der Waals surface area contributed by atoms with Crippen molar-refractivity contribution in [3.8, 4) is 5.75 Å². The molecule has 0 spiro atoms. The Bertz CT molecular complexity index is 440. The van der Waals surface area contributed by atoms with E-state index in [9.17, 15) is 13.6 Å². The molecule has 110 valence electrons. The van der Waals surface area contributed by atoms with E-state index < -0.39 is 6.61 Å². The van der Waals surface area contributed by atoms with Gasteiger partial charge in [-0.2, -0.15) is 8.78 Å². The van der Waals surface area contributed by atoms with Gasteiger partial charge in [-0.25, -0.2) is 0 Å². The van der Waals surface area contributed by atoms with E-state index in [1.54, 1.807) is 0 Å². The van der Waals surface area contributed by atoms with E-state index in [0.717, 1.165) is 31.8 Å². The lowest BCUT2D eigenvalue weighted by atomic mass is 9.99. The highest BCUT2D eigenvalue weighted by Gasteiger charge is 2.18. The molecule has 0 amide bonds. The lowest BCUT2D eigenvalue weighted by molar-refractivity contribution is -0.0498. The van der Waals surface area contributed by atoms with E-state index >= 15 is 0 Å². The fourth-order valence-corrected chi connectivity index (χ4v) is 2.34. The van der Waals surface area contributed by atoms with Gasteiger partial charge in [-0.1, -0.05) is 6.92 Å². The molecule has 0 N–H and O–H groups in total. The Labute approximate surface area is 117 Å². The van der Waals surface area contributed by atoms with Gasteiger partial charge in [0.05, 0.1) is 6.54 Å². The normalized spacial score (nSPS) is 17.4. The van der Waals surface area contributed by atoms with Crippen molar-refractivity contribution in [2.75, 3.05) is 19.6 Å². The van der Waals surface area contributed by atoms with Gasteiger partial charge in [0.2, 0.25) is 0 Å². The number of piperidine rings is 1. The Morgan fingerprint density at radius 2 is 1.90 bits per heavy atom. The second-order valence-corrected chi connectivity index (χ2v) is 5.28. The van der Waals surface area contributed by atoms with Crippen LogP contribution in [-0.2, 0) is 0 Å². The average Bonchev–Trinajstić information content (AvgIpc) is 2.41. The first kappa shape index (κ1) is 14.9. The molecule has 1 saturated heterocycles. The van der Waals surface area contributed by atoms with E-state index in [2.05, 4.69) is 16.6 Å². The summed E-state index contributed by atoms with van der Waals surface area (Å²) in [6, 6.07) is 5.87. The summed E-state index contributed by atoms with van der Waals surface area (Å²) in [6.45, 7) is 1.66. The molecule has 3 nitrogen and oxygen atoms in total. The average molecular weight is 283 g/mol. The molecule has 0 aliphatic carbocycles. The Hall–Kier alpha value is -1.49. The topological polar surface area (TPSA) is 29.5 Å². The summed E-state index contributed by atoms with van der Waals surface area (Å²) in [7, 11) is 0. The van der Waals surface area contributed by atoms with Crippen molar-refractivity contribution in [3.05, 3.63) is 29.8 Å². The first-order chi connectivity index (χ1) is 9.54. The molecule has 0 unspecified atom stereocenters. The number of ether oxygens (including phenoxy) is 1. The summed E-state index contributed by atoms with van der Waals surface area (Å²) >= 11 is 0. The third-order valence-corrected chi connectivity index (χ3v) is 3.64. The predicted molar refractivity (Wildman–Crippen MR) is 72.2 cm³/mol. The summed E-state index contributed by atoms with van der Waals surface area (Å²) in [4.78, 5) is 14.2. The number of alkyl halides is 2. The van der Waals surface area contributed by atoms with Gasteiger partial charge in [-0.15, -0.1) is 0 Å². The fraction of sp³-hybridized carbons (Fsp3) is 0.533. The summed E-state index contributed by atoms with van der Waals surface area (Å²) in [5.41, 5.74) is 0.533. The summed E-state index contributed by atoms with van der Waals surface area (Å²) < 4.78 is 28.3. The van der Waals surface area contributed by atoms with Crippen molar-refractivity contribution in [1.82, 2.24) is 4.90 Å². The third-order valence-electron chi connectivity index (χ3n) is 3.64. The Balaban J connectivity index is 1.89. The second-order valence-electron chi connectivity index (χ2n) is 5.28. The van der Waals surface area contributed by atoms with Crippen molar-refractivity contribution in [3.63, 3.8) is 0 Å². The number of halogens is 2. The van der Waals surface area contributed by atoms with Crippen LogP contribution in [0.3, 0.4) is 0 Å². The van der Waals surface area contributed by atoms with Crippen LogP contribution in [0.4, 0.5) is 8.78 Å². The first-order valence-corrected chi connectivity index (χ1v) is 6.85. The minimum absolute atomic E-state index is 0.0168. The smallest absolute Gasteiger partial charge is 0.387 e. The number of benzene rings is 1. The zero-order chi connectivity index (χ0) is 14.5. The number of likely N-dealkylation sites (tertiary alicyclic amines) is 1. The molecular weight excluding hydrogens is 264 g/mol. The largest absolute Gasteiger partial charge is 0.435 e. The quantitative estimate of drug-likeness (QED) is 0.777. The molecule has 1 aliphatic heterocycles. The maximum Gasteiger partial charge on any atom is 0.387 e. The van der Waals surface area contributed by atoms with E-state index in [4.69, 9.17) is 0 Å². The van der Waals surface area contributed by atoms with Crippen molar-refractivity contribution >= 4 is 5.78 Å². The number of ketones is 1. The molecule has 2 rings (SSSR count). The molecule has 20 heavy (non-hydrogen) atoms. The molecule has 0 atom stereocenters. The van der Waals surface area contributed by atoms with Gasteiger partial charge in [-0.3, -0.25) is 9.69 Å². The van der Waals surface area contributed by atoms with E-state index in [-0.39, 0.29) is 11.5 Å². The summed E-state index contributed by atoms with van der Waals surface area (Å²) in [5.74, 6) is 0.818. The van der Waals surface area contributed by atoms with Crippen molar-refractivity contribution < 1.29 is 18.3 Å². The molecule has 0 aromatic heterocycles. The number of carbonyl (C=O) groups excluding carboxylic acids is 1. The van der Waals surface area contributed by atoms with Crippen molar-refractivity contribution in [2.24, 2.45) is 5.92 Å². The Morgan fingerprint density at radius 1 is 1.30 bits per heavy atom. The number of Topliss-reactive ketones (excluding diaryl/α,β-unsaturated/α-hetero) is 1. The first-order valence-electron chi connectivity index (χ1n) is 6.85. The van der Waals surface area contributed by atoms with Crippen LogP contribution in [0.15, 0.2) is 24.3 Å². The van der Waals surface area contributed by atoms with Gasteiger partial charge >= 0.3 is 6.61 Å². The van der Waals surface area contributed by atoms with Crippen LogP contribution >= 0.6 is 0 Å². The minimum atomic E-state index is -2.84. The fourth-order valence-electron chi connectivity index (χ4n) is 2.34. The number of hydrogen-bond donors (Lipinski definition) is 0. The Kier molecular flexibility index (Phi) is 5.06. The zero-order valence-electron chi connectivity index (χ0n) is 11.5. The molecule has 1 aromatic rings. The van der Waals surface area contributed by atoms with E-state index in [1.807, 2.05) is 0 Å². The van der Waals surface area contributed by atoms with E-state index in [1.165, 1.54) is 24.3 Å². The molecule has 1 heterocycles. The molecular formula is C15H19F2NO2. The van der Waals surface area contributed by atoms with Gasteiger partial charge in [0.25, 0.3) is 0 Å². The summed E-state index contributed by atoms with van der Waals surface area (Å²) in [5, 5.41) is 0. The minimum Gasteiger partial charge on any atom is -0.435 e. The molecule has 0 bridgehead atoms. The second kappa shape index (κ2) is 6.79. The molecule has 1 aromatic carbocycles. The summed E-state index contributed by atoms with van der Waals surface area (Å²) in [6.07, 6.45) is 2.24. The Morgan fingerprint density at radius 3 is 2.45 bits per heavy atom. The van der Waals surface area contributed by atoms with Gasteiger partial charge in [0, 0.05) is 5.56 Å². The van der Waals surface area contributed by atoms with E-state index in [0.29, 0.717) is 12.1 Å². The van der Waals surface area contributed by atoms with Crippen LogP contribution in [0.5, 0.6) is 5.75 Å². The zero-order valence-corrected chi connectivity index (χ0v) is 11.5. The van der Waals surface area contributed by atoms with Gasteiger partial charge in [-0.05, 0) is 56.1 Å². The predicted octanol–water partition coefficient (Wildman–Crippen LogP) is 3.20. The molecule has 1 aliphatic rings. The number of carbonyl (C=O) groups is 1. The van der Waals surface area contributed by atoms with Gasteiger partial charge < -0.3 is 4.74 Å². The van der Waals surface area contributed by atoms with Crippen LogP contribution < -0.4 is 4.74 Å². The van der Waals surface area contributed by atoms with Crippen LogP contribution in [0.2, 0.25) is 0 Å². The van der Waals surface area contributed by atoms with Crippen LogP contribution in [-0.4, -0.2) is 36.9 Å². The monoisotopic (exact) mass is 283 g/mol. The number of hydrogen-bond acceptors (Lipinski definition) is 3. The highest BCUT2D eigenvalue weighted by molar-refractivity contribution is 5.97. The lowest BCUT2D eigenvalue weighted by Gasteiger charge is -2.29. The SMILES string of the molecule is CC1CCN(CC(=O)c2ccc(OC(F)F)cc2)CC1. The maximum atomic E-state index is 12.1. The van der Waals surface area contributed by atoms with Crippen molar-refractivity contribution in [2.45, 2.75) is 26.4 Å². The number of nitrogens with zero attached hydrogens (tertiary/aromatic N) is 1. The highest BCUT2D eigenvalue weighted by Crippen LogP contribution is 2.18. The third kappa shape index (κ3) is 4.27. The van der Waals surface area contributed by atoms with Crippen LogP contribution in [0.1, 0.15) is 30.1 Å². The standard InChI is InChI=1S/C15H19F2NO2/c1-11-6-8-18(9-7-11)10-14(19)12-2-4-13(5-3-12)20-15(16)17/h2-5,11,15H,6-10H2,1H3. The molecule has 0 saturated carbocycles. The molecule has 1 fully saturated rings. The lowest BCUT2D eigenvalue weighted by Crippen LogP contribution is -2.36. The van der Waals surface area contributed by atoms with Gasteiger partial charge in [0.15, 0.2) is 5.78 Å². The van der Waals surface area contributed by atoms with Gasteiger partial charge in [0.1, 0.15) is 5.75 Å². The van der Waals surface area contributed by atoms with Crippen molar-refractivity contribution in [1.29, 1.82) is 0 Å². The maximum absolute atomic E-state index is 12.1. The molecule has 5 heteroatoms. The highest BCUT2D eigenvalue weighted by atomic mass is 19.3. The van der Waals surface area contributed by atoms with Crippen LogP contribution in [0.25, 0.3) is 0 Å².